The van der Waals surface area contributed by atoms with Crippen LogP contribution in [0.3, 0.4) is 0 Å². The predicted octanol–water partition coefficient (Wildman–Crippen LogP) is 2.79. The molecule has 0 aromatic heterocycles. The molecule has 0 atom stereocenters. The van der Waals surface area contributed by atoms with Gasteiger partial charge in [-0.1, -0.05) is 41.7 Å². The topological polar surface area (TPSA) is 55.4 Å². The molecule has 0 bridgehead atoms. The van der Waals surface area contributed by atoms with E-state index in [-0.39, 0.29) is 4.90 Å². The highest BCUT2D eigenvalue weighted by molar-refractivity contribution is 7.92. The third kappa shape index (κ3) is 4.10. The van der Waals surface area contributed by atoms with Crippen LogP contribution in [0.4, 0.5) is 5.69 Å². The van der Waals surface area contributed by atoms with Gasteiger partial charge in [0, 0.05) is 12.7 Å². The van der Waals surface area contributed by atoms with Gasteiger partial charge in [0.05, 0.1) is 10.6 Å². The molecule has 0 heterocycles. The summed E-state index contributed by atoms with van der Waals surface area (Å²) < 4.78 is 32.3. The van der Waals surface area contributed by atoms with E-state index in [0.717, 1.165) is 5.56 Å². The largest absolute Gasteiger partial charge is 0.372 e. The fourth-order valence-electron chi connectivity index (χ4n) is 1.81. The Labute approximate surface area is 131 Å². The summed E-state index contributed by atoms with van der Waals surface area (Å²) in [6.45, 7) is 2.20. The van der Waals surface area contributed by atoms with Crippen LogP contribution in [0, 0.1) is 18.8 Å². The molecule has 1 N–H and O–H groups in total. The SMILES string of the molecule is COCC#Cc1ccccc1NS(=O)(=O)c1ccc(C)cc1. The number of hydrogen-bond acceptors (Lipinski definition) is 3. The minimum absolute atomic E-state index is 0.220. The van der Waals surface area contributed by atoms with Crippen LogP contribution in [0.2, 0.25) is 0 Å². The summed E-state index contributed by atoms with van der Waals surface area (Å²) >= 11 is 0. The smallest absolute Gasteiger partial charge is 0.261 e. The second-order valence-corrected chi connectivity index (χ2v) is 6.38. The fraction of sp³-hybridized carbons (Fsp3) is 0.176. The molecule has 0 aliphatic rings. The van der Waals surface area contributed by atoms with E-state index < -0.39 is 10.0 Å². The van der Waals surface area contributed by atoms with Crippen LogP contribution in [-0.2, 0) is 14.8 Å². The van der Waals surface area contributed by atoms with Crippen molar-refractivity contribution >= 4 is 15.7 Å². The molecule has 0 spiro atoms. The first-order valence-corrected chi connectivity index (χ1v) is 8.17. The molecular formula is C17H17NO3S. The quantitative estimate of drug-likeness (QED) is 0.883. The molecule has 0 radical (unpaired) electrons. The van der Waals surface area contributed by atoms with E-state index in [1.54, 1.807) is 55.6 Å². The van der Waals surface area contributed by atoms with Crippen molar-refractivity contribution in [2.75, 3.05) is 18.4 Å². The van der Waals surface area contributed by atoms with E-state index in [0.29, 0.717) is 17.9 Å². The number of anilines is 1. The fourth-order valence-corrected chi connectivity index (χ4v) is 2.89. The van der Waals surface area contributed by atoms with Gasteiger partial charge >= 0.3 is 0 Å². The number of rotatable bonds is 4. The summed E-state index contributed by atoms with van der Waals surface area (Å²) in [7, 11) is -2.08. The van der Waals surface area contributed by atoms with Crippen LogP contribution >= 0.6 is 0 Å². The molecule has 0 unspecified atom stereocenters. The second-order valence-electron chi connectivity index (χ2n) is 4.70. The molecule has 0 aliphatic carbocycles. The molecule has 0 amide bonds. The molecule has 5 heteroatoms. The summed E-state index contributed by atoms with van der Waals surface area (Å²) in [5, 5.41) is 0. The summed E-state index contributed by atoms with van der Waals surface area (Å²) in [6.07, 6.45) is 0. The molecule has 0 saturated carbocycles. The molecular weight excluding hydrogens is 298 g/mol. The Kier molecular flexibility index (Phi) is 5.21. The number of para-hydroxylation sites is 1. The van der Waals surface area contributed by atoms with E-state index >= 15 is 0 Å². The zero-order valence-electron chi connectivity index (χ0n) is 12.5. The molecule has 4 nitrogen and oxygen atoms in total. The summed E-state index contributed by atoms with van der Waals surface area (Å²) in [5.41, 5.74) is 2.06. The van der Waals surface area contributed by atoms with Gasteiger partial charge in [0.25, 0.3) is 10.0 Å². The van der Waals surface area contributed by atoms with Crippen molar-refractivity contribution < 1.29 is 13.2 Å². The van der Waals surface area contributed by atoms with Crippen LogP contribution in [0.25, 0.3) is 0 Å². The normalized spacial score (nSPS) is 10.6. The maximum Gasteiger partial charge on any atom is 0.261 e. The molecule has 114 valence electrons. The van der Waals surface area contributed by atoms with Crippen LogP contribution < -0.4 is 4.72 Å². The molecule has 0 fully saturated rings. The standard InChI is InChI=1S/C17H17NO3S/c1-14-9-11-16(12-10-14)22(19,20)18-17-8-4-3-6-15(17)7-5-13-21-2/h3-4,6,8-12,18H,13H2,1-2H3. The lowest BCUT2D eigenvalue weighted by atomic mass is 10.2. The number of hydrogen-bond donors (Lipinski definition) is 1. The van der Waals surface area contributed by atoms with Crippen molar-refractivity contribution in [2.24, 2.45) is 0 Å². The average molecular weight is 315 g/mol. The summed E-state index contributed by atoms with van der Waals surface area (Å²) in [4.78, 5) is 0.220. The predicted molar refractivity (Wildman–Crippen MR) is 87.2 cm³/mol. The first-order chi connectivity index (χ1) is 10.5. The van der Waals surface area contributed by atoms with Gasteiger partial charge in [0.1, 0.15) is 6.61 Å². The van der Waals surface area contributed by atoms with Crippen molar-refractivity contribution in [1.82, 2.24) is 0 Å². The maximum absolute atomic E-state index is 12.4. The van der Waals surface area contributed by atoms with E-state index in [9.17, 15) is 8.42 Å². The molecule has 2 aromatic rings. The Bertz CT molecular complexity index is 800. The van der Waals surface area contributed by atoms with Gasteiger partial charge in [-0.05, 0) is 31.2 Å². The molecule has 0 aliphatic heterocycles. The lowest BCUT2D eigenvalue weighted by Gasteiger charge is -2.10. The van der Waals surface area contributed by atoms with E-state index in [1.807, 2.05) is 6.92 Å². The van der Waals surface area contributed by atoms with Crippen molar-refractivity contribution in [3.63, 3.8) is 0 Å². The maximum atomic E-state index is 12.4. The zero-order chi connectivity index (χ0) is 16.0. The minimum Gasteiger partial charge on any atom is -0.372 e. The van der Waals surface area contributed by atoms with Crippen LogP contribution in [0.15, 0.2) is 53.4 Å². The van der Waals surface area contributed by atoms with E-state index in [4.69, 9.17) is 4.74 Å². The second kappa shape index (κ2) is 7.12. The highest BCUT2D eigenvalue weighted by Gasteiger charge is 2.15. The monoisotopic (exact) mass is 315 g/mol. The first kappa shape index (κ1) is 16.1. The van der Waals surface area contributed by atoms with Gasteiger partial charge in [-0.25, -0.2) is 8.42 Å². The summed E-state index contributed by atoms with van der Waals surface area (Å²) in [5.74, 6) is 5.71. The molecule has 0 saturated heterocycles. The van der Waals surface area contributed by atoms with Crippen LogP contribution in [-0.4, -0.2) is 22.1 Å². The van der Waals surface area contributed by atoms with Gasteiger partial charge in [0.2, 0.25) is 0 Å². The van der Waals surface area contributed by atoms with Gasteiger partial charge in [0.15, 0.2) is 0 Å². The zero-order valence-corrected chi connectivity index (χ0v) is 13.3. The Morgan fingerprint density at radius 2 is 1.77 bits per heavy atom. The summed E-state index contributed by atoms with van der Waals surface area (Å²) in [6, 6.07) is 13.7. The lowest BCUT2D eigenvalue weighted by molar-refractivity contribution is 0.240. The van der Waals surface area contributed by atoms with Crippen molar-refractivity contribution in [3.05, 3.63) is 59.7 Å². The van der Waals surface area contributed by atoms with Crippen LogP contribution in [0.5, 0.6) is 0 Å². The first-order valence-electron chi connectivity index (χ1n) is 6.69. The molecule has 2 aromatic carbocycles. The number of sulfonamides is 1. The molecule has 2 rings (SSSR count). The van der Waals surface area contributed by atoms with E-state index in [1.165, 1.54) is 0 Å². The minimum atomic E-state index is -3.63. The third-order valence-corrected chi connectivity index (χ3v) is 4.32. The highest BCUT2D eigenvalue weighted by atomic mass is 32.2. The van der Waals surface area contributed by atoms with Crippen molar-refractivity contribution in [1.29, 1.82) is 0 Å². The number of methoxy groups -OCH3 is 1. The number of aryl methyl sites for hydroxylation is 1. The number of benzene rings is 2. The third-order valence-electron chi connectivity index (χ3n) is 2.94. The Morgan fingerprint density at radius 1 is 1.09 bits per heavy atom. The highest BCUT2D eigenvalue weighted by Crippen LogP contribution is 2.19. The van der Waals surface area contributed by atoms with Crippen molar-refractivity contribution in [2.45, 2.75) is 11.8 Å². The Balaban J connectivity index is 2.30. The van der Waals surface area contributed by atoms with Crippen LogP contribution in [0.1, 0.15) is 11.1 Å². The number of nitrogens with one attached hydrogen (secondary N) is 1. The Morgan fingerprint density at radius 3 is 2.45 bits per heavy atom. The number of ether oxygens (including phenoxy) is 1. The van der Waals surface area contributed by atoms with Gasteiger partial charge in [-0.3, -0.25) is 4.72 Å². The average Bonchev–Trinajstić information content (AvgIpc) is 2.49. The van der Waals surface area contributed by atoms with E-state index in [2.05, 4.69) is 16.6 Å². The van der Waals surface area contributed by atoms with Gasteiger partial charge < -0.3 is 4.74 Å². The van der Waals surface area contributed by atoms with Gasteiger partial charge in [-0.2, -0.15) is 0 Å². The van der Waals surface area contributed by atoms with Gasteiger partial charge in [-0.15, -0.1) is 0 Å². The molecule has 22 heavy (non-hydrogen) atoms. The Hall–Kier alpha value is -2.29. The van der Waals surface area contributed by atoms with Crippen molar-refractivity contribution in [3.8, 4) is 11.8 Å². The lowest BCUT2D eigenvalue weighted by Crippen LogP contribution is -2.13.